The molecule has 1 atom stereocenters. The van der Waals surface area contributed by atoms with E-state index in [0.717, 1.165) is 76.9 Å². The van der Waals surface area contributed by atoms with Crippen LogP contribution in [0.4, 0.5) is 5.95 Å². The quantitative estimate of drug-likeness (QED) is 0.556. The summed E-state index contributed by atoms with van der Waals surface area (Å²) in [6.07, 6.45) is 6.75. The molecular weight excluding hydrogens is 418 g/mol. The molecule has 1 saturated heterocycles. The Morgan fingerprint density at radius 1 is 1.33 bits per heavy atom. The fourth-order valence-electron chi connectivity index (χ4n) is 4.62. The number of ether oxygens (including phenoxy) is 1. The predicted octanol–water partition coefficient (Wildman–Crippen LogP) is 3.05. The molecule has 2 aliphatic rings. The van der Waals surface area contributed by atoms with E-state index in [1.165, 1.54) is 0 Å². The van der Waals surface area contributed by atoms with Crippen LogP contribution in [0, 0.1) is 5.92 Å². The Morgan fingerprint density at radius 3 is 2.70 bits per heavy atom. The Hall–Kier alpha value is -2.03. The molecule has 8 heteroatoms. The largest absolute Gasteiger partial charge is 0.393 e. The fourth-order valence-corrected chi connectivity index (χ4v) is 4.62. The Bertz CT molecular complexity index is 788. The Balaban J connectivity index is 1.77. The molecule has 8 nitrogen and oxygen atoms in total. The van der Waals surface area contributed by atoms with Gasteiger partial charge in [0.1, 0.15) is 0 Å². The number of allylic oxidation sites excluding steroid dienone is 1. The van der Waals surface area contributed by atoms with E-state index < -0.39 is 0 Å². The number of anilines is 1. The minimum absolute atomic E-state index is 0.0802. The summed E-state index contributed by atoms with van der Waals surface area (Å²) in [6, 6.07) is 0.249. The highest BCUT2D eigenvalue weighted by atomic mass is 16.5. The van der Waals surface area contributed by atoms with Crippen LogP contribution in [0.1, 0.15) is 68.4 Å². The third kappa shape index (κ3) is 7.22. The number of aliphatic hydroxyl groups excluding tert-OH is 1. The van der Waals surface area contributed by atoms with Crippen molar-refractivity contribution in [2.75, 3.05) is 51.8 Å². The summed E-state index contributed by atoms with van der Waals surface area (Å²) in [4.78, 5) is 26.7. The lowest BCUT2D eigenvalue weighted by atomic mass is 9.81. The van der Waals surface area contributed by atoms with Crippen molar-refractivity contribution in [3.05, 3.63) is 24.0 Å². The number of rotatable bonds is 10. The first kappa shape index (κ1) is 25.6. The van der Waals surface area contributed by atoms with Crippen LogP contribution in [0.5, 0.6) is 0 Å². The molecule has 0 aromatic carbocycles. The lowest BCUT2D eigenvalue weighted by Gasteiger charge is -2.29. The predicted molar refractivity (Wildman–Crippen MR) is 131 cm³/mol. The summed E-state index contributed by atoms with van der Waals surface area (Å²) in [5.41, 5.74) is 2.02. The molecule has 1 aliphatic heterocycles. The van der Waals surface area contributed by atoms with Gasteiger partial charge < -0.3 is 20.1 Å². The number of nitrogens with one attached hydrogen (secondary N) is 1. The molecule has 0 bridgehead atoms. The van der Waals surface area contributed by atoms with Gasteiger partial charge >= 0.3 is 0 Å². The molecule has 0 spiro atoms. The number of carbonyl (C=O) groups excluding carboxylic acids is 1. The summed E-state index contributed by atoms with van der Waals surface area (Å²) < 4.78 is 5.41. The summed E-state index contributed by atoms with van der Waals surface area (Å²) in [5.74, 6) is 0.674. The van der Waals surface area contributed by atoms with E-state index in [4.69, 9.17) is 9.72 Å². The lowest BCUT2D eigenvalue weighted by Crippen LogP contribution is -2.42. The standard InChI is InChI=1S/C25H41N5O3/c1-5-6-18(2)27-25-26-17-22(23(28-25)19(3)20-7-9-21(31)10-8-20)24(32)29(4)11-12-30-13-15-33-16-14-30/h17-18,20-21,31H,3,5-16H2,1-2,4H3,(H,26,27,28). The molecular formula is C25H41N5O3. The number of aliphatic hydroxyl groups is 1. The first-order chi connectivity index (χ1) is 15.9. The van der Waals surface area contributed by atoms with Crippen LogP contribution in [-0.2, 0) is 4.74 Å². The third-order valence-corrected chi connectivity index (χ3v) is 6.81. The monoisotopic (exact) mass is 459 g/mol. The van der Waals surface area contributed by atoms with Crippen molar-refractivity contribution in [2.45, 2.75) is 64.5 Å². The van der Waals surface area contributed by atoms with Crippen molar-refractivity contribution in [2.24, 2.45) is 5.92 Å². The first-order valence-corrected chi connectivity index (χ1v) is 12.4. The van der Waals surface area contributed by atoms with E-state index in [1.54, 1.807) is 11.1 Å². The molecule has 0 radical (unpaired) electrons. The fraction of sp³-hybridized carbons (Fsp3) is 0.720. The minimum Gasteiger partial charge on any atom is -0.393 e. The molecule has 1 saturated carbocycles. The van der Waals surface area contributed by atoms with E-state index in [9.17, 15) is 9.90 Å². The van der Waals surface area contributed by atoms with Gasteiger partial charge in [0.05, 0.1) is 30.6 Å². The van der Waals surface area contributed by atoms with Gasteiger partial charge in [-0.25, -0.2) is 9.97 Å². The van der Waals surface area contributed by atoms with Crippen LogP contribution >= 0.6 is 0 Å². The Morgan fingerprint density at radius 2 is 2.03 bits per heavy atom. The van der Waals surface area contributed by atoms with E-state index in [0.29, 0.717) is 23.8 Å². The van der Waals surface area contributed by atoms with Gasteiger partial charge in [-0.15, -0.1) is 0 Å². The molecule has 1 aromatic rings. The van der Waals surface area contributed by atoms with Gasteiger partial charge in [0.15, 0.2) is 0 Å². The number of hydrogen-bond acceptors (Lipinski definition) is 7. The zero-order chi connectivity index (χ0) is 23.8. The molecule has 1 unspecified atom stereocenters. The molecule has 1 aliphatic carbocycles. The highest BCUT2D eigenvalue weighted by Crippen LogP contribution is 2.35. The molecule has 1 amide bonds. The number of carbonyl (C=O) groups is 1. The molecule has 2 fully saturated rings. The van der Waals surface area contributed by atoms with E-state index >= 15 is 0 Å². The Kier molecular flexibility index (Phi) is 9.64. The maximum absolute atomic E-state index is 13.4. The molecule has 2 heterocycles. The second kappa shape index (κ2) is 12.4. The van der Waals surface area contributed by atoms with Crippen LogP contribution in [0.3, 0.4) is 0 Å². The summed E-state index contributed by atoms with van der Waals surface area (Å²) in [6.45, 7) is 13.4. The van der Waals surface area contributed by atoms with Crippen molar-refractivity contribution in [1.82, 2.24) is 19.8 Å². The summed E-state index contributed by atoms with van der Waals surface area (Å²) in [7, 11) is 1.84. The van der Waals surface area contributed by atoms with Gasteiger partial charge in [-0.3, -0.25) is 9.69 Å². The van der Waals surface area contributed by atoms with Crippen molar-refractivity contribution < 1.29 is 14.6 Å². The zero-order valence-electron chi connectivity index (χ0n) is 20.6. The summed E-state index contributed by atoms with van der Waals surface area (Å²) >= 11 is 0. The molecule has 2 N–H and O–H groups in total. The van der Waals surface area contributed by atoms with Crippen LogP contribution in [0.25, 0.3) is 5.57 Å². The smallest absolute Gasteiger partial charge is 0.257 e. The number of likely N-dealkylation sites (N-methyl/N-ethyl adjacent to an activating group) is 1. The summed E-state index contributed by atoms with van der Waals surface area (Å²) in [5, 5.41) is 13.3. The normalized spacial score (nSPS) is 22.5. The second-order valence-corrected chi connectivity index (χ2v) is 9.50. The molecule has 184 valence electrons. The topological polar surface area (TPSA) is 90.8 Å². The average molecular weight is 460 g/mol. The zero-order valence-corrected chi connectivity index (χ0v) is 20.6. The van der Waals surface area contributed by atoms with Gasteiger partial charge in [-0.2, -0.15) is 0 Å². The highest BCUT2D eigenvalue weighted by molar-refractivity contribution is 5.98. The number of nitrogens with zero attached hydrogens (tertiary/aromatic N) is 4. The van der Waals surface area contributed by atoms with Crippen LogP contribution in [0.2, 0.25) is 0 Å². The number of morpholine rings is 1. The minimum atomic E-state index is -0.237. The van der Waals surface area contributed by atoms with Crippen LogP contribution in [0.15, 0.2) is 12.8 Å². The maximum atomic E-state index is 13.4. The number of amides is 1. The van der Waals surface area contributed by atoms with Crippen molar-refractivity contribution >= 4 is 17.4 Å². The average Bonchev–Trinajstić information content (AvgIpc) is 2.83. The lowest BCUT2D eigenvalue weighted by molar-refractivity contribution is 0.0338. The number of hydrogen-bond donors (Lipinski definition) is 2. The molecule has 3 rings (SSSR count). The van der Waals surface area contributed by atoms with E-state index in [-0.39, 0.29) is 24.0 Å². The van der Waals surface area contributed by atoms with Gasteiger partial charge in [0.25, 0.3) is 5.91 Å². The van der Waals surface area contributed by atoms with Crippen molar-refractivity contribution in [3.63, 3.8) is 0 Å². The Labute approximate surface area is 198 Å². The van der Waals surface area contributed by atoms with Crippen LogP contribution in [-0.4, -0.2) is 89.4 Å². The first-order valence-electron chi connectivity index (χ1n) is 12.4. The van der Waals surface area contributed by atoms with Crippen LogP contribution < -0.4 is 5.32 Å². The van der Waals surface area contributed by atoms with Gasteiger partial charge in [-0.05, 0) is 50.5 Å². The number of aromatic nitrogens is 2. The highest BCUT2D eigenvalue weighted by Gasteiger charge is 2.27. The van der Waals surface area contributed by atoms with Crippen molar-refractivity contribution in [3.8, 4) is 0 Å². The van der Waals surface area contributed by atoms with Gasteiger partial charge in [0.2, 0.25) is 5.95 Å². The maximum Gasteiger partial charge on any atom is 0.257 e. The SMILES string of the molecule is C=C(c1nc(NC(C)CCC)ncc1C(=O)N(C)CCN1CCOCC1)C1CCC(O)CC1. The second-order valence-electron chi connectivity index (χ2n) is 9.50. The van der Waals surface area contributed by atoms with Crippen molar-refractivity contribution in [1.29, 1.82) is 0 Å². The van der Waals surface area contributed by atoms with Gasteiger partial charge in [-0.1, -0.05) is 19.9 Å². The molecule has 1 aromatic heterocycles. The third-order valence-electron chi connectivity index (χ3n) is 6.81. The van der Waals surface area contributed by atoms with E-state index in [1.807, 2.05) is 7.05 Å². The molecule has 33 heavy (non-hydrogen) atoms. The van der Waals surface area contributed by atoms with Gasteiger partial charge in [0, 0.05) is 45.5 Å². The van der Waals surface area contributed by atoms with E-state index in [2.05, 4.69) is 35.6 Å².